The van der Waals surface area contributed by atoms with Gasteiger partial charge in [-0.3, -0.25) is 0 Å². The number of imidazole rings is 1. The van der Waals surface area contributed by atoms with Crippen LogP contribution in [0.3, 0.4) is 0 Å². The molecule has 110 valence electrons. The maximum Gasteiger partial charge on any atom is 0.151 e. The Kier molecular flexibility index (Phi) is 4.76. The highest BCUT2D eigenvalue weighted by Gasteiger charge is 2.17. The zero-order chi connectivity index (χ0) is 14.7. The van der Waals surface area contributed by atoms with Gasteiger partial charge in [-0.15, -0.1) is 0 Å². The highest BCUT2D eigenvalue weighted by molar-refractivity contribution is 5.76. The number of nitrogens with zero attached hydrogens (tertiary/aromatic N) is 2. The molecule has 0 spiro atoms. The molecule has 1 aromatic heterocycles. The molecular formula is C16H24FN3. The first kappa shape index (κ1) is 15.0. The van der Waals surface area contributed by atoms with Crippen molar-refractivity contribution in [3.63, 3.8) is 0 Å². The van der Waals surface area contributed by atoms with Gasteiger partial charge in [0.25, 0.3) is 0 Å². The van der Waals surface area contributed by atoms with E-state index in [0.717, 1.165) is 30.7 Å². The van der Waals surface area contributed by atoms with E-state index in [2.05, 4.69) is 30.3 Å². The Bertz CT molecular complexity index is 574. The number of rotatable bonds is 6. The van der Waals surface area contributed by atoms with Crippen LogP contribution in [0.2, 0.25) is 0 Å². The lowest BCUT2D eigenvalue weighted by Gasteiger charge is -2.17. The second-order valence-electron chi connectivity index (χ2n) is 5.82. The third kappa shape index (κ3) is 3.01. The van der Waals surface area contributed by atoms with Gasteiger partial charge in [-0.05, 0) is 43.9 Å². The van der Waals surface area contributed by atoms with Gasteiger partial charge in [0, 0.05) is 13.0 Å². The molecule has 0 amide bonds. The van der Waals surface area contributed by atoms with Crippen molar-refractivity contribution in [1.29, 1.82) is 0 Å². The first-order chi connectivity index (χ1) is 9.56. The lowest BCUT2D eigenvalue weighted by atomic mass is 9.94. The number of benzene rings is 1. The van der Waals surface area contributed by atoms with Gasteiger partial charge in [0.15, 0.2) is 5.82 Å². The van der Waals surface area contributed by atoms with Crippen molar-refractivity contribution in [3.05, 3.63) is 29.8 Å². The second-order valence-corrected chi connectivity index (χ2v) is 5.82. The Morgan fingerprint density at radius 2 is 2.10 bits per heavy atom. The van der Waals surface area contributed by atoms with E-state index in [1.165, 1.54) is 6.07 Å². The quantitative estimate of drug-likeness (QED) is 0.880. The number of para-hydroxylation sites is 1. The number of aromatic nitrogens is 2. The highest BCUT2D eigenvalue weighted by Crippen LogP contribution is 2.22. The van der Waals surface area contributed by atoms with Gasteiger partial charge in [-0.1, -0.05) is 19.9 Å². The monoisotopic (exact) mass is 277 g/mol. The van der Waals surface area contributed by atoms with Crippen LogP contribution in [0.25, 0.3) is 11.0 Å². The first-order valence-corrected chi connectivity index (χ1v) is 7.40. The molecule has 2 rings (SSSR count). The zero-order valence-electron chi connectivity index (χ0n) is 12.6. The molecule has 1 heterocycles. The predicted molar refractivity (Wildman–Crippen MR) is 81.1 cm³/mol. The van der Waals surface area contributed by atoms with Crippen molar-refractivity contribution in [3.8, 4) is 0 Å². The van der Waals surface area contributed by atoms with Crippen molar-refractivity contribution >= 4 is 11.0 Å². The van der Waals surface area contributed by atoms with Crippen molar-refractivity contribution in [2.24, 2.45) is 17.6 Å². The Balaban J connectivity index is 2.36. The lowest BCUT2D eigenvalue weighted by molar-refractivity contribution is 0.404. The summed E-state index contributed by atoms with van der Waals surface area (Å²) in [5.74, 6) is 1.72. The van der Waals surface area contributed by atoms with Crippen LogP contribution in [-0.4, -0.2) is 16.1 Å². The van der Waals surface area contributed by atoms with E-state index in [9.17, 15) is 4.39 Å². The summed E-state index contributed by atoms with van der Waals surface area (Å²) in [5, 5.41) is 0. The average molecular weight is 277 g/mol. The molecule has 2 N–H and O–H groups in total. The number of hydrogen-bond donors (Lipinski definition) is 1. The molecule has 0 aliphatic rings. The zero-order valence-corrected chi connectivity index (χ0v) is 12.6. The molecule has 1 unspecified atom stereocenters. The Morgan fingerprint density at radius 1 is 1.35 bits per heavy atom. The van der Waals surface area contributed by atoms with E-state index >= 15 is 0 Å². The molecular weight excluding hydrogens is 253 g/mol. The van der Waals surface area contributed by atoms with E-state index in [1.54, 1.807) is 6.07 Å². The van der Waals surface area contributed by atoms with Crippen molar-refractivity contribution in [2.75, 3.05) is 6.54 Å². The number of halogens is 1. The van der Waals surface area contributed by atoms with E-state index < -0.39 is 0 Å². The fourth-order valence-electron chi connectivity index (χ4n) is 2.86. The number of aryl methyl sites for hydroxylation is 1. The van der Waals surface area contributed by atoms with E-state index in [4.69, 9.17) is 5.73 Å². The summed E-state index contributed by atoms with van der Waals surface area (Å²) < 4.78 is 15.9. The van der Waals surface area contributed by atoms with Gasteiger partial charge in [0.05, 0.1) is 5.52 Å². The van der Waals surface area contributed by atoms with E-state index in [1.807, 2.05) is 6.07 Å². The SMILES string of the molecule is CCn1c(CC(CN)CC(C)C)nc2c(F)cccc21. The molecule has 0 aliphatic carbocycles. The lowest BCUT2D eigenvalue weighted by Crippen LogP contribution is -2.20. The highest BCUT2D eigenvalue weighted by atomic mass is 19.1. The molecule has 4 heteroatoms. The summed E-state index contributed by atoms with van der Waals surface area (Å²) >= 11 is 0. The van der Waals surface area contributed by atoms with Crippen LogP contribution in [0.4, 0.5) is 4.39 Å². The van der Waals surface area contributed by atoms with Crippen LogP contribution in [-0.2, 0) is 13.0 Å². The van der Waals surface area contributed by atoms with Crippen LogP contribution in [0.15, 0.2) is 18.2 Å². The molecule has 0 saturated carbocycles. The average Bonchev–Trinajstić information content (AvgIpc) is 2.76. The summed E-state index contributed by atoms with van der Waals surface area (Å²) in [5.41, 5.74) is 7.23. The Labute approximate surface area is 120 Å². The van der Waals surface area contributed by atoms with E-state index in [0.29, 0.717) is 23.9 Å². The molecule has 0 radical (unpaired) electrons. The molecule has 2 aromatic rings. The fraction of sp³-hybridized carbons (Fsp3) is 0.562. The molecule has 0 saturated heterocycles. The van der Waals surface area contributed by atoms with Gasteiger partial charge >= 0.3 is 0 Å². The van der Waals surface area contributed by atoms with Crippen LogP contribution < -0.4 is 5.73 Å². The summed E-state index contributed by atoms with van der Waals surface area (Å²) in [7, 11) is 0. The van der Waals surface area contributed by atoms with Crippen LogP contribution in [0.5, 0.6) is 0 Å². The van der Waals surface area contributed by atoms with Crippen molar-refractivity contribution < 1.29 is 4.39 Å². The fourth-order valence-corrected chi connectivity index (χ4v) is 2.86. The molecule has 3 nitrogen and oxygen atoms in total. The van der Waals surface area contributed by atoms with Gasteiger partial charge < -0.3 is 10.3 Å². The van der Waals surface area contributed by atoms with Gasteiger partial charge in [-0.25, -0.2) is 9.37 Å². The third-order valence-electron chi connectivity index (χ3n) is 3.73. The van der Waals surface area contributed by atoms with Crippen molar-refractivity contribution in [1.82, 2.24) is 9.55 Å². The minimum atomic E-state index is -0.246. The smallest absolute Gasteiger partial charge is 0.151 e. The van der Waals surface area contributed by atoms with Crippen LogP contribution in [0.1, 0.15) is 33.0 Å². The van der Waals surface area contributed by atoms with Crippen LogP contribution in [0, 0.1) is 17.7 Å². The van der Waals surface area contributed by atoms with Gasteiger partial charge in [-0.2, -0.15) is 0 Å². The summed E-state index contributed by atoms with van der Waals surface area (Å²) in [6.45, 7) is 7.91. The third-order valence-corrected chi connectivity index (χ3v) is 3.73. The Morgan fingerprint density at radius 3 is 2.70 bits per heavy atom. The van der Waals surface area contributed by atoms with Gasteiger partial charge in [0.2, 0.25) is 0 Å². The second kappa shape index (κ2) is 6.35. The van der Waals surface area contributed by atoms with E-state index in [-0.39, 0.29) is 5.82 Å². The standard InChI is InChI=1S/C16H24FN3/c1-4-20-14-7-5-6-13(17)16(14)19-15(20)9-12(10-18)8-11(2)3/h5-7,11-12H,4,8-10,18H2,1-3H3. The molecule has 0 bridgehead atoms. The Hall–Kier alpha value is -1.42. The minimum Gasteiger partial charge on any atom is -0.330 e. The number of fused-ring (bicyclic) bond motifs is 1. The molecule has 20 heavy (non-hydrogen) atoms. The number of nitrogens with two attached hydrogens (primary N) is 1. The van der Waals surface area contributed by atoms with Crippen LogP contribution >= 0.6 is 0 Å². The molecule has 1 aromatic carbocycles. The largest absolute Gasteiger partial charge is 0.330 e. The topological polar surface area (TPSA) is 43.8 Å². The normalized spacial score (nSPS) is 13.3. The maximum absolute atomic E-state index is 13.8. The molecule has 1 atom stereocenters. The minimum absolute atomic E-state index is 0.246. The first-order valence-electron chi connectivity index (χ1n) is 7.40. The van der Waals surface area contributed by atoms with Gasteiger partial charge in [0.1, 0.15) is 11.3 Å². The number of hydrogen-bond acceptors (Lipinski definition) is 2. The summed E-state index contributed by atoms with van der Waals surface area (Å²) in [6.07, 6.45) is 1.89. The summed E-state index contributed by atoms with van der Waals surface area (Å²) in [6, 6.07) is 5.13. The van der Waals surface area contributed by atoms with Crippen molar-refractivity contribution in [2.45, 2.75) is 40.2 Å². The maximum atomic E-state index is 13.8. The predicted octanol–water partition coefficient (Wildman–Crippen LogP) is 3.36. The molecule has 0 fully saturated rings. The summed E-state index contributed by atoms with van der Waals surface area (Å²) in [4.78, 5) is 4.51. The molecule has 0 aliphatic heterocycles.